The Morgan fingerprint density at radius 2 is 2.10 bits per heavy atom. The topological polar surface area (TPSA) is 103 Å². The first-order valence-electron chi connectivity index (χ1n) is 8.74. The molecule has 0 saturated carbocycles. The Morgan fingerprint density at radius 1 is 1.31 bits per heavy atom. The monoisotopic (exact) mass is 403 g/mol. The highest BCUT2D eigenvalue weighted by molar-refractivity contribution is 5.97. The second-order valence-electron chi connectivity index (χ2n) is 6.65. The van der Waals surface area contributed by atoms with Gasteiger partial charge in [-0.25, -0.2) is 9.97 Å². The molecule has 0 bridgehead atoms. The first-order valence-corrected chi connectivity index (χ1v) is 8.74. The lowest BCUT2D eigenvalue weighted by atomic mass is 10.0. The van der Waals surface area contributed by atoms with E-state index in [0.29, 0.717) is 23.6 Å². The number of rotatable bonds is 3. The zero-order valence-electron chi connectivity index (χ0n) is 15.2. The maximum Gasteiger partial charge on any atom is 0.417 e. The third-order valence-corrected chi connectivity index (χ3v) is 4.75. The van der Waals surface area contributed by atoms with Crippen LogP contribution in [0.15, 0.2) is 30.6 Å². The molecule has 1 aliphatic heterocycles. The molecule has 3 aromatic heterocycles. The van der Waals surface area contributed by atoms with E-state index in [9.17, 15) is 18.0 Å². The van der Waals surface area contributed by atoms with Crippen molar-refractivity contribution in [2.75, 3.05) is 5.73 Å². The molecule has 1 aliphatic rings. The van der Waals surface area contributed by atoms with Crippen molar-refractivity contribution in [3.63, 3.8) is 0 Å². The van der Waals surface area contributed by atoms with E-state index in [4.69, 9.17) is 10.5 Å². The molecule has 3 aromatic rings. The molecule has 0 aliphatic carbocycles. The van der Waals surface area contributed by atoms with Crippen molar-refractivity contribution in [1.29, 1.82) is 0 Å². The van der Waals surface area contributed by atoms with E-state index in [0.717, 1.165) is 28.8 Å². The summed E-state index contributed by atoms with van der Waals surface area (Å²) < 4.78 is 43.4. The van der Waals surface area contributed by atoms with E-state index < -0.39 is 17.6 Å². The molecule has 0 aromatic carbocycles. The predicted molar refractivity (Wildman–Crippen MR) is 97.6 cm³/mol. The van der Waals surface area contributed by atoms with Gasteiger partial charge in [-0.15, -0.1) is 0 Å². The summed E-state index contributed by atoms with van der Waals surface area (Å²) in [6.07, 6.45) is -2.45. The number of nitrogens with two attached hydrogens (primary N) is 1. The molecule has 4 heterocycles. The largest absolute Gasteiger partial charge is 0.417 e. The molecule has 7 nitrogen and oxygen atoms in total. The van der Waals surface area contributed by atoms with Gasteiger partial charge in [-0.3, -0.25) is 9.78 Å². The highest BCUT2D eigenvalue weighted by Crippen LogP contribution is 2.37. The van der Waals surface area contributed by atoms with Crippen LogP contribution in [0.3, 0.4) is 0 Å². The Kier molecular flexibility index (Phi) is 4.58. The minimum atomic E-state index is -4.46. The van der Waals surface area contributed by atoms with Gasteiger partial charge in [0.2, 0.25) is 0 Å². The second kappa shape index (κ2) is 6.96. The number of nitrogen functional groups attached to an aromatic ring is 1. The molecular formula is C19H16F3N5O2. The maximum absolute atomic E-state index is 12.6. The Balaban J connectivity index is 1.54. The summed E-state index contributed by atoms with van der Waals surface area (Å²) in [5.74, 6) is -0.101. The number of carbonyl (C=O) groups excluding carboxylic acids is 1. The molecule has 150 valence electrons. The zero-order valence-corrected chi connectivity index (χ0v) is 15.2. The summed E-state index contributed by atoms with van der Waals surface area (Å²) in [6.45, 7) is 2.21. The van der Waals surface area contributed by atoms with E-state index in [1.807, 2.05) is 6.92 Å². The number of fused-ring (bicyclic) bond motifs is 3. The number of nitrogens with one attached hydrogen (secondary N) is 1. The molecular weight excluding hydrogens is 387 g/mol. The van der Waals surface area contributed by atoms with E-state index in [2.05, 4.69) is 20.3 Å². The number of pyridine rings is 3. The van der Waals surface area contributed by atoms with Crippen LogP contribution in [0.5, 0.6) is 0 Å². The minimum absolute atomic E-state index is 0.0328. The molecule has 10 heteroatoms. The average Bonchev–Trinajstić information content (AvgIpc) is 3.08. The molecule has 3 N–H and O–H groups in total. The van der Waals surface area contributed by atoms with Crippen molar-refractivity contribution in [1.82, 2.24) is 20.3 Å². The van der Waals surface area contributed by atoms with Crippen molar-refractivity contribution in [3.05, 3.63) is 58.7 Å². The molecule has 1 atom stereocenters. The number of ether oxygens (including phenoxy) is 1. The molecule has 0 unspecified atom stereocenters. The average molecular weight is 403 g/mol. The molecule has 4 rings (SSSR count). The van der Waals surface area contributed by atoms with Crippen LogP contribution < -0.4 is 11.1 Å². The van der Waals surface area contributed by atoms with Crippen molar-refractivity contribution in [2.45, 2.75) is 32.4 Å². The number of aromatic nitrogens is 3. The fourth-order valence-corrected chi connectivity index (χ4v) is 3.25. The van der Waals surface area contributed by atoms with Gasteiger partial charge >= 0.3 is 6.18 Å². The summed E-state index contributed by atoms with van der Waals surface area (Å²) in [6, 6.07) is 3.75. The Hall–Kier alpha value is -3.27. The first kappa shape index (κ1) is 19.1. The Bertz CT molecular complexity index is 1100. The van der Waals surface area contributed by atoms with Gasteiger partial charge in [-0.2, -0.15) is 13.2 Å². The quantitative estimate of drug-likeness (QED) is 0.697. The molecule has 0 spiro atoms. The fourth-order valence-electron chi connectivity index (χ4n) is 3.25. The number of halogens is 3. The lowest BCUT2D eigenvalue weighted by molar-refractivity contribution is -0.137. The molecule has 1 amide bonds. The van der Waals surface area contributed by atoms with Crippen LogP contribution in [0.2, 0.25) is 0 Å². The minimum Gasteiger partial charge on any atom is -0.383 e. The van der Waals surface area contributed by atoms with E-state index in [1.54, 1.807) is 6.07 Å². The van der Waals surface area contributed by atoms with E-state index in [-0.39, 0.29) is 18.3 Å². The number of hydrogen-bond donors (Lipinski definition) is 2. The van der Waals surface area contributed by atoms with Crippen LogP contribution in [-0.2, 0) is 24.1 Å². The highest BCUT2D eigenvalue weighted by atomic mass is 19.4. The molecule has 29 heavy (non-hydrogen) atoms. The normalized spacial score (nSPS) is 16.1. The highest BCUT2D eigenvalue weighted by Gasteiger charge is 2.30. The number of hydrogen-bond acceptors (Lipinski definition) is 6. The lowest BCUT2D eigenvalue weighted by Crippen LogP contribution is -2.24. The number of anilines is 1. The zero-order chi connectivity index (χ0) is 20.8. The smallest absolute Gasteiger partial charge is 0.383 e. The van der Waals surface area contributed by atoms with Gasteiger partial charge < -0.3 is 15.8 Å². The van der Waals surface area contributed by atoms with Crippen molar-refractivity contribution in [3.8, 4) is 0 Å². The third-order valence-electron chi connectivity index (χ3n) is 4.75. The van der Waals surface area contributed by atoms with Gasteiger partial charge in [0.1, 0.15) is 11.5 Å². The Morgan fingerprint density at radius 3 is 2.79 bits per heavy atom. The lowest BCUT2D eigenvalue weighted by Gasteiger charge is -2.10. The number of nitrogens with zero attached hydrogens (tertiary/aromatic N) is 3. The summed E-state index contributed by atoms with van der Waals surface area (Å²) in [7, 11) is 0. The van der Waals surface area contributed by atoms with Gasteiger partial charge in [-0.05, 0) is 30.7 Å². The van der Waals surface area contributed by atoms with Crippen molar-refractivity contribution < 1.29 is 22.7 Å². The van der Waals surface area contributed by atoms with Gasteiger partial charge in [0.15, 0.2) is 0 Å². The number of amides is 1. The molecule has 0 radical (unpaired) electrons. The molecule has 0 saturated heterocycles. The van der Waals surface area contributed by atoms with Crippen molar-refractivity contribution >= 4 is 22.6 Å². The standard InChI is InChI=1S/C19H16F3N5O2/c1-9-16-13(8-29-9)12-4-14(25-7-15(12)27-17(16)23)18(28)26-6-11-3-2-10(5-24-11)19(20,21)22/h2-5,7,9H,6,8H2,1H3,(H2,23,27)(H,26,28)/t9-/m0/s1. The molecule has 0 fully saturated rings. The van der Waals surface area contributed by atoms with Gasteiger partial charge in [0.05, 0.1) is 42.2 Å². The fraction of sp³-hybridized carbons (Fsp3) is 0.263. The van der Waals surface area contributed by atoms with Gasteiger partial charge in [0.25, 0.3) is 5.91 Å². The van der Waals surface area contributed by atoms with Crippen molar-refractivity contribution in [2.24, 2.45) is 0 Å². The summed E-state index contributed by atoms with van der Waals surface area (Å²) >= 11 is 0. The van der Waals surface area contributed by atoms with E-state index >= 15 is 0 Å². The maximum atomic E-state index is 12.6. The summed E-state index contributed by atoms with van der Waals surface area (Å²) in [5.41, 5.74) is 7.84. The van der Waals surface area contributed by atoms with E-state index in [1.165, 1.54) is 12.3 Å². The number of alkyl halides is 3. The first-order chi connectivity index (χ1) is 13.7. The SMILES string of the molecule is C[C@@H]1OCc2c1c(N)nc1cnc(C(=O)NCc3ccc(C(F)(F)F)cn3)cc21. The number of carbonyl (C=O) groups is 1. The summed E-state index contributed by atoms with van der Waals surface area (Å²) in [5, 5.41) is 3.33. The van der Waals surface area contributed by atoms with Crippen LogP contribution in [0, 0.1) is 0 Å². The third kappa shape index (κ3) is 3.58. The van der Waals surface area contributed by atoms with Gasteiger partial charge in [0, 0.05) is 17.1 Å². The second-order valence-corrected chi connectivity index (χ2v) is 6.65. The Labute approximate surface area is 163 Å². The van der Waals surface area contributed by atoms with Crippen LogP contribution >= 0.6 is 0 Å². The van der Waals surface area contributed by atoms with Crippen LogP contribution in [0.1, 0.15) is 45.9 Å². The van der Waals surface area contributed by atoms with Crippen LogP contribution in [0.25, 0.3) is 10.9 Å². The predicted octanol–water partition coefficient (Wildman–Crippen LogP) is 3.15. The van der Waals surface area contributed by atoms with Crippen LogP contribution in [0.4, 0.5) is 19.0 Å². The van der Waals surface area contributed by atoms with Crippen LogP contribution in [-0.4, -0.2) is 20.9 Å². The summed E-state index contributed by atoms with van der Waals surface area (Å²) in [4.78, 5) is 24.6. The van der Waals surface area contributed by atoms with Gasteiger partial charge in [-0.1, -0.05) is 0 Å².